The first-order valence-corrected chi connectivity index (χ1v) is 10.8. The first kappa shape index (κ1) is 23.6. The van der Waals surface area contributed by atoms with Crippen LogP contribution < -0.4 is 10.1 Å². The van der Waals surface area contributed by atoms with Crippen molar-refractivity contribution in [3.8, 4) is 23.1 Å². The highest BCUT2D eigenvalue weighted by Crippen LogP contribution is 2.27. The van der Waals surface area contributed by atoms with Crippen LogP contribution in [-0.4, -0.2) is 45.9 Å². The van der Waals surface area contributed by atoms with E-state index in [1.165, 1.54) is 24.3 Å². The van der Waals surface area contributed by atoms with Crippen molar-refractivity contribution in [1.29, 1.82) is 0 Å². The molecule has 0 spiro atoms. The number of hydrogen-bond acceptors (Lipinski definition) is 7. The number of aryl methyl sites for hydroxylation is 1. The van der Waals surface area contributed by atoms with Gasteiger partial charge in [-0.05, 0) is 42.8 Å². The Morgan fingerprint density at radius 2 is 1.83 bits per heavy atom. The largest absolute Gasteiger partial charge is 0.460 e. The maximum Gasteiger partial charge on any atom is 0.336 e. The minimum atomic E-state index is -0.539. The number of ether oxygens (including phenoxy) is 2. The number of hydrogen-bond donors (Lipinski definition) is 1. The third kappa shape index (κ3) is 5.50. The summed E-state index contributed by atoms with van der Waals surface area (Å²) in [6.45, 7) is 2.72. The zero-order valence-electron chi connectivity index (χ0n) is 19.2. The van der Waals surface area contributed by atoms with Crippen LogP contribution in [0.4, 0.5) is 11.4 Å². The molecule has 178 valence electrons. The molecule has 0 atom stereocenters. The number of carbonyl (C=O) groups excluding carboxylic acids is 1. The molecule has 1 N–H and O–H groups in total. The third-order valence-corrected chi connectivity index (χ3v) is 5.18. The molecule has 4 rings (SSSR count). The number of anilines is 1. The Labute approximate surface area is 201 Å². The van der Waals surface area contributed by atoms with Gasteiger partial charge in [0.05, 0.1) is 17.2 Å². The summed E-state index contributed by atoms with van der Waals surface area (Å²) in [6.07, 6.45) is 0. The quantitative estimate of drug-likeness (QED) is 0.217. The van der Waals surface area contributed by atoms with Crippen LogP contribution >= 0.6 is 0 Å². The fourth-order valence-corrected chi connectivity index (χ4v) is 3.40. The van der Waals surface area contributed by atoms with E-state index in [-0.39, 0.29) is 17.3 Å². The monoisotopic (exact) mass is 473 g/mol. The predicted octanol–water partition coefficient (Wildman–Crippen LogP) is 4.43. The number of carbonyl (C=O) groups is 1. The summed E-state index contributed by atoms with van der Waals surface area (Å²) in [5.41, 5.74) is 3.23. The van der Waals surface area contributed by atoms with E-state index in [4.69, 9.17) is 9.47 Å². The van der Waals surface area contributed by atoms with Gasteiger partial charge in [-0.1, -0.05) is 30.3 Å². The Hall–Kier alpha value is -4.57. The first-order chi connectivity index (χ1) is 17.0. The van der Waals surface area contributed by atoms with Gasteiger partial charge in [-0.3, -0.25) is 14.9 Å². The van der Waals surface area contributed by atoms with Gasteiger partial charge in [-0.2, -0.15) is 4.98 Å². The molecule has 0 bridgehead atoms. The third-order valence-electron chi connectivity index (χ3n) is 5.18. The fraction of sp³-hybridized carbons (Fsp3) is 0.160. The lowest BCUT2D eigenvalue weighted by molar-refractivity contribution is -0.384. The van der Waals surface area contributed by atoms with E-state index < -0.39 is 10.8 Å². The second-order valence-electron chi connectivity index (χ2n) is 7.59. The molecule has 0 aliphatic heterocycles. The van der Waals surface area contributed by atoms with Gasteiger partial charge < -0.3 is 14.8 Å². The number of nitrogens with one attached hydrogen (secondary N) is 1. The highest BCUT2D eigenvalue weighted by Gasteiger charge is 2.17. The van der Waals surface area contributed by atoms with E-state index >= 15 is 0 Å². The van der Waals surface area contributed by atoms with E-state index in [0.29, 0.717) is 30.4 Å². The van der Waals surface area contributed by atoms with Gasteiger partial charge in [0.1, 0.15) is 6.61 Å². The number of nitro groups is 1. The average molecular weight is 473 g/mol. The van der Waals surface area contributed by atoms with Crippen LogP contribution in [0, 0.1) is 17.0 Å². The zero-order chi connectivity index (χ0) is 24.8. The molecule has 0 aliphatic rings. The molecule has 4 aromatic rings. The summed E-state index contributed by atoms with van der Waals surface area (Å²) >= 11 is 0. The summed E-state index contributed by atoms with van der Waals surface area (Å²) in [4.78, 5) is 27.6. The molecule has 35 heavy (non-hydrogen) atoms. The number of benzene rings is 3. The summed E-state index contributed by atoms with van der Waals surface area (Å²) in [5.74, 6) is 0.167. The van der Waals surface area contributed by atoms with Crippen molar-refractivity contribution in [3.63, 3.8) is 0 Å². The minimum absolute atomic E-state index is 0.147. The van der Waals surface area contributed by atoms with Gasteiger partial charge in [0.2, 0.25) is 0 Å². The van der Waals surface area contributed by atoms with Crippen LogP contribution in [0.3, 0.4) is 0 Å². The highest BCUT2D eigenvalue weighted by atomic mass is 16.6. The number of nitro benzene ring substituents is 1. The molecule has 3 aromatic carbocycles. The Morgan fingerprint density at radius 3 is 2.54 bits per heavy atom. The Balaban J connectivity index is 1.59. The van der Waals surface area contributed by atoms with E-state index in [0.717, 1.165) is 11.1 Å². The van der Waals surface area contributed by atoms with Crippen LogP contribution in [0.1, 0.15) is 15.9 Å². The molecular formula is C25H23N5O5. The molecule has 1 aromatic heterocycles. The summed E-state index contributed by atoms with van der Waals surface area (Å²) in [7, 11) is 1.59. The van der Waals surface area contributed by atoms with Crippen molar-refractivity contribution in [3.05, 3.63) is 94.0 Å². The van der Waals surface area contributed by atoms with Crippen molar-refractivity contribution in [2.24, 2.45) is 0 Å². The van der Waals surface area contributed by atoms with Crippen molar-refractivity contribution in [2.75, 3.05) is 25.6 Å². The van der Waals surface area contributed by atoms with Crippen LogP contribution in [0.25, 0.3) is 17.1 Å². The topological polar surface area (TPSA) is 121 Å². The number of aromatic nitrogens is 3. The number of amides is 1. The summed E-state index contributed by atoms with van der Waals surface area (Å²) in [6, 6.07) is 20.6. The molecule has 0 fully saturated rings. The van der Waals surface area contributed by atoms with Gasteiger partial charge in [-0.25, -0.2) is 4.68 Å². The lowest BCUT2D eigenvalue weighted by atomic mass is 10.1. The molecular weight excluding hydrogens is 450 g/mol. The number of methoxy groups -OCH3 is 1. The lowest BCUT2D eigenvalue weighted by Gasteiger charge is -2.09. The van der Waals surface area contributed by atoms with Crippen LogP contribution in [0.15, 0.2) is 72.8 Å². The van der Waals surface area contributed by atoms with Crippen molar-refractivity contribution >= 4 is 17.3 Å². The zero-order valence-corrected chi connectivity index (χ0v) is 19.2. The smallest absolute Gasteiger partial charge is 0.336 e. The van der Waals surface area contributed by atoms with Crippen molar-refractivity contribution in [2.45, 2.75) is 6.92 Å². The molecule has 1 amide bonds. The predicted molar refractivity (Wildman–Crippen MR) is 130 cm³/mol. The van der Waals surface area contributed by atoms with E-state index in [1.54, 1.807) is 36.1 Å². The summed E-state index contributed by atoms with van der Waals surface area (Å²) < 4.78 is 12.3. The van der Waals surface area contributed by atoms with Crippen LogP contribution in [0.2, 0.25) is 0 Å². The lowest BCUT2D eigenvalue weighted by Crippen LogP contribution is -2.12. The van der Waals surface area contributed by atoms with Crippen molar-refractivity contribution in [1.82, 2.24) is 14.8 Å². The van der Waals surface area contributed by atoms with Gasteiger partial charge in [0, 0.05) is 36.1 Å². The van der Waals surface area contributed by atoms with E-state index in [2.05, 4.69) is 15.4 Å². The van der Waals surface area contributed by atoms with Crippen molar-refractivity contribution < 1.29 is 19.2 Å². The SMILES string of the molecule is COCCOc1nc(-c2ccccc2C)n(-c2ccc(NC(=O)c3cccc([N+](=O)[O-])c3)cc2)n1. The van der Waals surface area contributed by atoms with Gasteiger partial charge in [-0.15, -0.1) is 5.10 Å². The number of non-ortho nitro benzene ring substituents is 1. The fourth-order valence-electron chi connectivity index (χ4n) is 3.40. The summed E-state index contributed by atoms with van der Waals surface area (Å²) in [5, 5.41) is 18.2. The minimum Gasteiger partial charge on any atom is -0.460 e. The molecule has 1 heterocycles. The Morgan fingerprint density at radius 1 is 1.06 bits per heavy atom. The van der Waals surface area contributed by atoms with Gasteiger partial charge in [0.25, 0.3) is 11.6 Å². The number of nitrogens with zero attached hydrogens (tertiary/aromatic N) is 4. The molecule has 0 unspecified atom stereocenters. The highest BCUT2D eigenvalue weighted by molar-refractivity contribution is 6.04. The average Bonchev–Trinajstić information content (AvgIpc) is 3.29. The van der Waals surface area contributed by atoms with Crippen LogP contribution in [0.5, 0.6) is 6.01 Å². The maximum absolute atomic E-state index is 12.6. The second kappa shape index (κ2) is 10.6. The van der Waals surface area contributed by atoms with Crippen LogP contribution in [-0.2, 0) is 4.74 Å². The molecule has 0 aliphatic carbocycles. The van der Waals surface area contributed by atoms with Gasteiger partial charge >= 0.3 is 6.01 Å². The molecule has 10 heteroatoms. The number of rotatable bonds is 9. The molecule has 0 radical (unpaired) electrons. The maximum atomic E-state index is 12.6. The molecule has 0 saturated heterocycles. The van der Waals surface area contributed by atoms with E-state index in [1.807, 2.05) is 31.2 Å². The standard InChI is InChI=1S/C25H23N5O5/c1-17-6-3-4-9-22(17)23-27-25(35-15-14-34-2)28-29(23)20-12-10-19(11-13-20)26-24(31)18-7-5-8-21(16-18)30(32)33/h3-13,16H,14-15H2,1-2H3,(H,26,31). The normalized spacial score (nSPS) is 10.7. The first-order valence-electron chi connectivity index (χ1n) is 10.8. The Bertz CT molecular complexity index is 1350. The second-order valence-corrected chi connectivity index (χ2v) is 7.59. The molecule has 0 saturated carbocycles. The van der Waals surface area contributed by atoms with Gasteiger partial charge in [0.15, 0.2) is 5.82 Å². The van der Waals surface area contributed by atoms with E-state index in [9.17, 15) is 14.9 Å². The Kier molecular flexibility index (Phi) is 7.12. The molecule has 10 nitrogen and oxygen atoms in total.